The fourth-order valence-corrected chi connectivity index (χ4v) is 2.83. The highest BCUT2D eigenvalue weighted by molar-refractivity contribution is 6.05. The Hall–Kier alpha value is -3.93. The normalized spacial score (nSPS) is 11.3. The Morgan fingerprint density at radius 2 is 1.78 bits per heavy atom. The molecule has 0 bridgehead atoms. The Kier molecular flexibility index (Phi) is 4.14. The largest absolute Gasteiger partial charge is 0.456 e. The van der Waals surface area contributed by atoms with Gasteiger partial charge in [-0.05, 0) is 35.9 Å². The molecule has 1 heterocycles. The first-order valence-electron chi connectivity index (χ1n) is 8.16. The number of benzene rings is 3. The summed E-state index contributed by atoms with van der Waals surface area (Å²) in [4.78, 5) is 22.4. The van der Waals surface area contributed by atoms with Gasteiger partial charge in [0.25, 0.3) is 5.69 Å². The third kappa shape index (κ3) is 3.41. The van der Waals surface area contributed by atoms with Gasteiger partial charge in [-0.3, -0.25) is 10.1 Å². The van der Waals surface area contributed by atoms with E-state index >= 15 is 0 Å². The minimum Gasteiger partial charge on any atom is -0.456 e. The Morgan fingerprint density at radius 3 is 2.63 bits per heavy atom. The van der Waals surface area contributed by atoms with E-state index in [9.17, 15) is 14.9 Å². The molecule has 0 aliphatic carbocycles. The first kappa shape index (κ1) is 16.5. The maximum atomic E-state index is 12.1. The molecule has 0 amide bonds. The summed E-state index contributed by atoms with van der Waals surface area (Å²) in [6.07, 6.45) is 2.71. The van der Waals surface area contributed by atoms with E-state index in [-0.39, 0.29) is 5.69 Å². The van der Waals surface area contributed by atoms with Crippen molar-refractivity contribution in [3.63, 3.8) is 0 Å². The maximum absolute atomic E-state index is 12.1. The summed E-state index contributed by atoms with van der Waals surface area (Å²) in [5.41, 5.74) is 1.98. The van der Waals surface area contributed by atoms with Crippen LogP contribution in [0.1, 0.15) is 5.56 Å². The lowest BCUT2D eigenvalue weighted by molar-refractivity contribution is -0.384. The topological polar surface area (TPSA) is 82.6 Å². The highest BCUT2D eigenvalue weighted by atomic mass is 16.6. The first-order chi connectivity index (χ1) is 13.1. The van der Waals surface area contributed by atoms with Gasteiger partial charge in [0.05, 0.1) is 4.92 Å². The van der Waals surface area contributed by atoms with Crippen LogP contribution in [0.2, 0.25) is 0 Å². The van der Waals surface area contributed by atoms with E-state index in [4.69, 9.17) is 9.15 Å². The molecule has 4 aromatic rings. The SMILES string of the molecule is O=C(C=Cc1cccc([N+](=O)[O-])c1)Oc1ccc2oc3ccccc3c2c1. The lowest BCUT2D eigenvalue weighted by Crippen LogP contribution is -2.03. The summed E-state index contributed by atoms with van der Waals surface area (Å²) in [5, 5.41) is 12.6. The first-order valence-corrected chi connectivity index (χ1v) is 8.16. The van der Waals surface area contributed by atoms with Crippen LogP contribution < -0.4 is 4.74 Å². The average Bonchev–Trinajstić information content (AvgIpc) is 3.05. The van der Waals surface area contributed by atoms with Crippen molar-refractivity contribution < 1.29 is 18.9 Å². The molecule has 6 nitrogen and oxygen atoms in total. The molecule has 0 saturated heterocycles. The van der Waals surface area contributed by atoms with Crippen molar-refractivity contribution >= 4 is 39.7 Å². The molecule has 132 valence electrons. The summed E-state index contributed by atoms with van der Waals surface area (Å²) in [6, 6.07) is 18.8. The minimum absolute atomic E-state index is 0.0391. The number of para-hydroxylation sites is 1. The number of hydrogen-bond acceptors (Lipinski definition) is 5. The van der Waals surface area contributed by atoms with E-state index in [2.05, 4.69) is 0 Å². The van der Waals surface area contributed by atoms with E-state index in [0.29, 0.717) is 16.9 Å². The molecule has 6 heteroatoms. The number of carbonyl (C=O) groups excluding carboxylic acids is 1. The smallest absolute Gasteiger partial charge is 0.336 e. The number of esters is 1. The van der Waals surface area contributed by atoms with Gasteiger partial charge in [-0.2, -0.15) is 0 Å². The van der Waals surface area contributed by atoms with Crippen LogP contribution in [0.3, 0.4) is 0 Å². The molecule has 3 aromatic carbocycles. The zero-order valence-electron chi connectivity index (χ0n) is 14.0. The molecule has 0 radical (unpaired) electrons. The molecular weight excluding hydrogens is 346 g/mol. The van der Waals surface area contributed by atoms with Crippen LogP contribution in [0.25, 0.3) is 28.0 Å². The van der Waals surface area contributed by atoms with Gasteiger partial charge in [0.2, 0.25) is 0 Å². The van der Waals surface area contributed by atoms with Crippen molar-refractivity contribution in [2.75, 3.05) is 0 Å². The number of hydrogen-bond donors (Lipinski definition) is 0. The van der Waals surface area contributed by atoms with Crippen LogP contribution in [-0.4, -0.2) is 10.9 Å². The van der Waals surface area contributed by atoms with Gasteiger partial charge in [0.1, 0.15) is 16.9 Å². The molecule has 0 N–H and O–H groups in total. The van der Waals surface area contributed by atoms with E-state index in [1.54, 1.807) is 30.3 Å². The minimum atomic E-state index is -0.575. The van der Waals surface area contributed by atoms with Crippen molar-refractivity contribution in [3.8, 4) is 5.75 Å². The quantitative estimate of drug-likeness (QED) is 0.166. The van der Waals surface area contributed by atoms with E-state index < -0.39 is 10.9 Å². The molecule has 0 saturated carbocycles. The Labute approximate surface area is 153 Å². The number of nitrogens with zero attached hydrogens (tertiary/aromatic N) is 1. The molecule has 0 fully saturated rings. The summed E-state index contributed by atoms with van der Waals surface area (Å²) in [6.45, 7) is 0. The number of furan rings is 1. The van der Waals surface area contributed by atoms with Crippen molar-refractivity contribution in [2.24, 2.45) is 0 Å². The van der Waals surface area contributed by atoms with Crippen LogP contribution >= 0.6 is 0 Å². The van der Waals surface area contributed by atoms with Gasteiger partial charge in [-0.15, -0.1) is 0 Å². The number of carbonyl (C=O) groups is 1. The van der Waals surface area contributed by atoms with Gasteiger partial charge in [0, 0.05) is 29.0 Å². The van der Waals surface area contributed by atoms with Crippen LogP contribution in [0.5, 0.6) is 5.75 Å². The van der Waals surface area contributed by atoms with Crippen molar-refractivity contribution in [2.45, 2.75) is 0 Å². The fraction of sp³-hybridized carbons (Fsp3) is 0. The van der Waals surface area contributed by atoms with Crippen molar-refractivity contribution in [1.29, 1.82) is 0 Å². The molecular formula is C21H13NO5. The zero-order valence-corrected chi connectivity index (χ0v) is 14.0. The number of nitro benzene ring substituents is 1. The Bertz CT molecular complexity index is 1210. The number of rotatable bonds is 4. The average molecular weight is 359 g/mol. The van der Waals surface area contributed by atoms with Gasteiger partial charge in [-0.1, -0.05) is 30.3 Å². The third-order valence-electron chi connectivity index (χ3n) is 4.06. The number of ether oxygens (including phenoxy) is 1. The molecule has 27 heavy (non-hydrogen) atoms. The van der Waals surface area contributed by atoms with Crippen molar-refractivity contribution in [3.05, 3.63) is 88.5 Å². The Morgan fingerprint density at radius 1 is 0.963 bits per heavy atom. The molecule has 0 aliphatic rings. The molecule has 4 rings (SSSR count). The molecule has 0 spiro atoms. The van der Waals surface area contributed by atoms with E-state index in [1.165, 1.54) is 24.3 Å². The van der Waals surface area contributed by atoms with Gasteiger partial charge < -0.3 is 9.15 Å². The van der Waals surface area contributed by atoms with Gasteiger partial charge in [-0.25, -0.2) is 4.79 Å². The summed E-state index contributed by atoms with van der Waals surface area (Å²) >= 11 is 0. The maximum Gasteiger partial charge on any atom is 0.336 e. The Balaban J connectivity index is 1.55. The van der Waals surface area contributed by atoms with Crippen molar-refractivity contribution in [1.82, 2.24) is 0 Å². The number of non-ortho nitro benzene ring substituents is 1. The van der Waals surface area contributed by atoms with Crippen LogP contribution in [0.4, 0.5) is 5.69 Å². The number of fused-ring (bicyclic) bond motifs is 3. The van der Waals surface area contributed by atoms with E-state index in [1.807, 2.05) is 24.3 Å². The summed E-state index contributed by atoms with van der Waals surface area (Å²) < 4.78 is 11.1. The van der Waals surface area contributed by atoms with Crippen LogP contribution in [0, 0.1) is 10.1 Å². The predicted molar refractivity (Wildman–Crippen MR) is 101 cm³/mol. The zero-order chi connectivity index (χ0) is 18.8. The predicted octanol–water partition coefficient (Wildman–Crippen LogP) is 5.11. The number of nitro groups is 1. The van der Waals surface area contributed by atoms with Crippen LogP contribution in [0.15, 0.2) is 77.2 Å². The van der Waals surface area contributed by atoms with Gasteiger partial charge >= 0.3 is 5.97 Å². The molecule has 0 unspecified atom stereocenters. The second-order valence-electron chi connectivity index (χ2n) is 5.86. The second-order valence-corrected chi connectivity index (χ2v) is 5.86. The molecule has 0 atom stereocenters. The fourth-order valence-electron chi connectivity index (χ4n) is 2.83. The summed E-state index contributed by atoms with van der Waals surface area (Å²) in [5.74, 6) is -0.184. The standard InChI is InChI=1S/C21H13NO5/c23-21(11-8-14-4-3-5-15(12-14)22(24)25)26-16-9-10-20-18(13-16)17-6-1-2-7-19(17)27-20/h1-13H. The summed E-state index contributed by atoms with van der Waals surface area (Å²) in [7, 11) is 0. The monoisotopic (exact) mass is 359 g/mol. The van der Waals surface area contributed by atoms with Gasteiger partial charge in [0.15, 0.2) is 0 Å². The third-order valence-corrected chi connectivity index (χ3v) is 4.06. The second kappa shape index (κ2) is 6.76. The lowest BCUT2D eigenvalue weighted by Gasteiger charge is -2.01. The highest BCUT2D eigenvalue weighted by Crippen LogP contribution is 2.31. The van der Waals surface area contributed by atoms with Crippen LogP contribution in [-0.2, 0) is 4.79 Å². The lowest BCUT2D eigenvalue weighted by atomic mass is 10.1. The molecule has 1 aromatic heterocycles. The molecule has 0 aliphatic heterocycles. The van der Waals surface area contributed by atoms with E-state index in [0.717, 1.165) is 16.4 Å². The highest BCUT2D eigenvalue weighted by Gasteiger charge is 2.09.